The van der Waals surface area contributed by atoms with E-state index in [4.69, 9.17) is 0 Å². The van der Waals surface area contributed by atoms with Crippen LogP contribution in [0.2, 0.25) is 0 Å². The van der Waals surface area contributed by atoms with E-state index in [0.29, 0.717) is 16.4 Å². The minimum absolute atomic E-state index is 0.189. The molecule has 1 N–H and O–H groups in total. The number of aryl methyl sites for hydroxylation is 2. The van der Waals surface area contributed by atoms with Crippen LogP contribution in [0.4, 0.5) is 5.69 Å². The zero-order chi connectivity index (χ0) is 20.2. The molecule has 144 valence electrons. The van der Waals surface area contributed by atoms with Gasteiger partial charge in [-0.15, -0.1) is 5.10 Å². The lowest BCUT2D eigenvalue weighted by Gasteiger charge is -2.07. The highest BCUT2D eigenvalue weighted by molar-refractivity contribution is 7.99. The van der Waals surface area contributed by atoms with Crippen LogP contribution in [0.3, 0.4) is 0 Å². The molecule has 2 aromatic carbocycles. The molecule has 4 rings (SSSR count). The minimum Gasteiger partial charge on any atom is -0.322 e. The van der Waals surface area contributed by atoms with E-state index in [1.54, 1.807) is 24.3 Å². The number of rotatable bonds is 5. The average Bonchev–Trinajstić information content (AvgIpc) is 3.24. The molecule has 2 aromatic heterocycles. The van der Waals surface area contributed by atoms with Gasteiger partial charge in [-0.3, -0.25) is 4.79 Å². The molecule has 0 spiro atoms. The van der Waals surface area contributed by atoms with Crippen molar-refractivity contribution in [3.05, 3.63) is 77.9 Å². The number of hydrogen-bond donors (Lipinski definition) is 1. The quantitative estimate of drug-likeness (QED) is 0.509. The van der Waals surface area contributed by atoms with Gasteiger partial charge in [0.05, 0.1) is 5.69 Å². The number of carbonyl (C=O) groups is 1. The van der Waals surface area contributed by atoms with Gasteiger partial charge >= 0.3 is 0 Å². The first-order valence-corrected chi connectivity index (χ1v) is 9.63. The predicted octanol–water partition coefficient (Wildman–Crippen LogP) is 3.47. The second-order valence-corrected chi connectivity index (χ2v) is 7.36. The Labute approximate surface area is 171 Å². The molecular formula is C20H17N7OS. The molecule has 0 bridgehead atoms. The summed E-state index contributed by atoms with van der Waals surface area (Å²) < 4.78 is 1.53. The van der Waals surface area contributed by atoms with Crippen LogP contribution < -0.4 is 5.32 Å². The summed E-state index contributed by atoms with van der Waals surface area (Å²) in [6.07, 6.45) is 1.50. The van der Waals surface area contributed by atoms with Crippen LogP contribution in [-0.4, -0.2) is 36.1 Å². The van der Waals surface area contributed by atoms with E-state index in [2.05, 4.69) is 30.8 Å². The summed E-state index contributed by atoms with van der Waals surface area (Å²) in [4.78, 5) is 22.3. The van der Waals surface area contributed by atoms with E-state index >= 15 is 0 Å². The molecule has 0 aliphatic carbocycles. The topological polar surface area (TPSA) is 98.5 Å². The molecule has 1 amide bonds. The molecule has 0 saturated heterocycles. The monoisotopic (exact) mass is 403 g/mol. The predicted molar refractivity (Wildman–Crippen MR) is 109 cm³/mol. The molecule has 0 aliphatic heterocycles. The van der Waals surface area contributed by atoms with Crippen LogP contribution in [0.1, 0.15) is 21.7 Å². The van der Waals surface area contributed by atoms with Crippen LogP contribution in [0.5, 0.6) is 0 Å². The maximum atomic E-state index is 12.5. The highest BCUT2D eigenvalue weighted by atomic mass is 32.2. The highest BCUT2D eigenvalue weighted by Crippen LogP contribution is 2.26. The maximum absolute atomic E-state index is 12.5. The summed E-state index contributed by atoms with van der Waals surface area (Å²) >= 11 is 1.49. The van der Waals surface area contributed by atoms with Gasteiger partial charge in [-0.25, -0.2) is 14.6 Å². The molecule has 4 aromatic rings. The third kappa shape index (κ3) is 4.64. The third-order valence-corrected chi connectivity index (χ3v) is 4.90. The Kier molecular flexibility index (Phi) is 5.30. The zero-order valence-corrected chi connectivity index (χ0v) is 16.6. The first-order valence-electron chi connectivity index (χ1n) is 8.82. The van der Waals surface area contributed by atoms with Crippen molar-refractivity contribution in [1.29, 1.82) is 0 Å². The third-order valence-electron chi connectivity index (χ3n) is 4.03. The van der Waals surface area contributed by atoms with E-state index in [1.165, 1.54) is 22.8 Å². The Morgan fingerprint density at radius 2 is 1.66 bits per heavy atom. The first kappa shape index (κ1) is 18.8. The fourth-order valence-electron chi connectivity index (χ4n) is 2.70. The summed E-state index contributed by atoms with van der Waals surface area (Å²) in [6.45, 7) is 3.90. The Bertz CT molecular complexity index is 1110. The molecule has 2 heterocycles. The highest BCUT2D eigenvalue weighted by Gasteiger charge is 2.08. The molecular weight excluding hydrogens is 386 g/mol. The second kappa shape index (κ2) is 8.19. The largest absolute Gasteiger partial charge is 0.322 e. The second-order valence-electron chi connectivity index (χ2n) is 6.32. The van der Waals surface area contributed by atoms with Gasteiger partial charge in [0.1, 0.15) is 6.33 Å². The van der Waals surface area contributed by atoms with Crippen molar-refractivity contribution in [2.24, 2.45) is 0 Å². The molecule has 0 radical (unpaired) electrons. The number of carbonyl (C=O) groups excluding carboxylic acids is 1. The van der Waals surface area contributed by atoms with E-state index in [9.17, 15) is 4.79 Å². The fourth-order valence-corrected chi connectivity index (χ4v) is 3.56. The minimum atomic E-state index is -0.189. The smallest absolute Gasteiger partial charge is 0.255 e. The van der Waals surface area contributed by atoms with Crippen molar-refractivity contribution >= 4 is 23.4 Å². The Hall–Kier alpha value is -3.59. The number of anilines is 1. The summed E-state index contributed by atoms with van der Waals surface area (Å²) in [7, 11) is 0. The van der Waals surface area contributed by atoms with E-state index in [1.807, 2.05) is 44.2 Å². The van der Waals surface area contributed by atoms with Gasteiger partial charge in [0.25, 0.3) is 5.91 Å². The number of nitrogens with one attached hydrogen (secondary N) is 1. The van der Waals surface area contributed by atoms with E-state index in [-0.39, 0.29) is 5.91 Å². The number of aromatic nitrogens is 6. The van der Waals surface area contributed by atoms with Gasteiger partial charge in [0.2, 0.25) is 0 Å². The van der Waals surface area contributed by atoms with Crippen molar-refractivity contribution in [2.75, 3.05) is 5.32 Å². The van der Waals surface area contributed by atoms with Gasteiger partial charge < -0.3 is 5.32 Å². The molecule has 29 heavy (non-hydrogen) atoms. The lowest BCUT2D eigenvalue weighted by atomic mass is 10.2. The standard InChI is InChI=1S/C20H17N7OS/c1-13-11-14(2)23-20(22-13)29-18-9-5-16(6-10-18)24-19(28)15-3-7-17(8-4-15)27-12-21-25-26-27/h3-12H,1-2H3,(H,24,28). The summed E-state index contributed by atoms with van der Waals surface area (Å²) in [6, 6.07) is 16.6. The van der Waals surface area contributed by atoms with E-state index in [0.717, 1.165) is 22.0 Å². The molecule has 0 fully saturated rings. The lowest BCUT2D eigenvalue weighted by molar-refractivity contribution is 0.102. The van der Waals surface area contributed by atoms with Gasteiger partial charge in [-0.1, -0.05) is 0 Å². The Balaban J connectivity index is 1.41. The van der Waals surface area contributed by atoms with Crippen LogP contribution in [0.15, 0.2) is 71.0 Å². The number of nitrogens with zero attached hydrogens (tertiary/aromatic N) is 6. The van der Waals surface area contributed by atoms with Gasteiger partial charge in [-0.05, 0) is 90.6 Å². The van der Waals surface area contributed by atoms with Crippen molar-refractivity contribution in [1.82, 2.24) is 30.2 Å². The number of tetrazole rings is 1. The molecule has 0 unspecified atom stereocenters. The Morgan fingerprint density at radius 1 is 0.966 bits per heavy atom. The first-order chi connectivity index (χ1) is 14.1. The zero-order valence-electron chi connectivity index (χ0n) is 15.8. The Morgan fingerprint density at radius 3 is 2.28 bits per heavy atom. The molecule has 9 heteroatoms. The summed E-state index contributed by atoms with van der Waals surface area (Å²) in [5, 5.41) is 14.6. The van der Waals surface area contributed by atoms with Crippen molar-refractivity contribution in [3.63, 3.8) is 0 Å². The lowest BCUT2D eigenvalue weighted by Crippen LogP contribution is -2.11. The number of benzene rings is 2. The molecule has 8 nitrogen and oxygen atoms in total. The summed E-state index contributed by atoms with van der Waals surface area (Å²) in [5.41, 5.74) is 3.92. The van der Waals surface area contributed by atoms with E-state index < -0.39 is 0 Å². The average molecular weight is 403 g/mol. The van der Waals surface area contributed by atoms with Crippen LogP contribution in [-0.2, 0) is 0 Å². The van der Waals surface area contributed by atoms with Crippen molar-refractivity contribution < 1.29 is 4.79 Å². The number of hydrogen-bond acceptors (Lipinski definition) is 7. The van der Waals surface area contributed by atoms with Gasteiger partial charge in [-0.2, -0.15) is 0 Å². The van der Waals surface area contributed by atoms with Gasteiger partial charge in [0.15, 0.2) is 5.16 Å². The van der Waals surface area contributed by atoms with Crippen LogP contribution >= 0.6 is 11.8 Å². The van der Waals surface area contributed by atoms with Crippen molar-refractivity contribution in [3.8, 4) is 5.69 Å². The van der Waals surface area contributed by atoms with Crippen LogP contribution in [0, 0.1) is 13.8 Å². The van der Waals surface area contributed by atoms with Crippen LogP contribution in [0.25, 0.3) is 5.69 Å². The maximum Gasteiger partial charge on any atom is 0.255 e. The molecule has 0 atom stereocenters. The fraction of sp³-hybridized carbons (Fsp3) is 0.100. The SMILES string of the molecule is Cc1cc(C)nc(Sc2ccc(NC(=O)c3ccc(-n4cnnn4)cc3)cc2)n1. The normalized spacial score (nSPS) is 10.7. The molecule has 0 aliphatic rings. The van der Waals surface area contributed by atoms with Gasteiger partial charge in [0, 0.05) is 27.5 Å². The number of amides is 1. The molecule has 0 saturated carbocycles. The summed E-state index contributed by atoms with van der Waals surface area (Å²) in [5.74, 6) is -0.189. The van der Waals surface area contributed by atoms with Crippen molar-refractivity contribution in [2.45, 2.75) is 23.9 Å².